The minimum atomic E-state index is -0.497. The summed E-state index contributed by atoms with van der Waals surface area (Å²) in [6, 6.07) is 13.3. The lowest BCUT2D eigenvalue weighted by Gasteiger charge is -2.48. The summed E-state index contributed by atoms with van der Waals surface area (Å²) in [4.78, 5) is 12.0. The molecule has 5 nitrogen and oxygen atoms in total. The molecule has 1 saturated carbocycles. The van der Waals surface area contributed by atoms with Gasteiger partial charge in [-0.3, -0.25) is 4.79 Å². The van der Waals surface area contributed by atoms with Crippen molar-refractivity contribution in [2.75, 3.05) is 20.3 Å². The van der Waals surface area contributed by atoms with Gasteiger partial charge in [-0.25, -0.2) is 0 Å². The second-order valence-corrected chi connectivity index (χ2v) is 12.8. The fourth-order valence-electron chi connectivity index (χ4n) is 7.62. The third kappa shape index (κ3) is 4.19. The Morgan fingerprint density at radius 2 is 1.73 bits per heavy atom. The molecule has 5 heteroatoms. The first-order chi connectivity index (χ1) is 17.6. The van der Waals surface area contributed by atoms with Crippen molar-refractivity contribution in [3.63, 3.8) is 0 Å². The third-order valence-corrected chi connectivity index (χ3v) is 9.60. The Labute approximate surface area is 220 Å². The molecule has 0 radical (unpaired) electrons. The van der Waals surface area contributed by atoms with Crippen LogP contribution in [0.4, 0.5) is 0 Å². The molecule has 1 saturated heterocycles. The number of carbonyl (C=O) groups is 1. The number of hydrogen-bond donors (Lipinski definition) is 0. The van der Waals surface area contributed by atoms with Crippen LogP contribution in [0.5, 0.6) is 5.75 Å². The number of carbonyl (C=O) groups excluding carboxylic acids is 1. The second-order valence-electron chi connectivity index (χ2n) is 12.8. The van der Waals surface area contributed by atoms with Crippen molar-refractivity contribution in [2.24, 2.45) is 10.8 Å². The predicted octanol–water partition coefficient (Wildman–Crippen LogP) is 6.30. The number of benzene rings is 2. The van der Waals surface area contributed by atoms with Crippen molar-refractivity contribution in [3.05, 3.63) is 64.2 Å². The maximum Gasteiger partial charge on any atom is 0.302 e. The van der Waals surface area contributed by atoms with E-state index >= 15 is 0 Å². The zero-order valence-corrected chi connectivity index (χ0v) is 22.9. The molecule has 0 bridgehead atoms. The van der Waals surface area contributed by atoms with Crippen molar-refractivity contribution in [2.45, 2.75) is 89.9 Å². The van der Waals surface area contributed by atoms with Gasteiger partial charge in [0.2, 0.25) is 0 Å². The lowest BCUT2D eigenvalue weighted by molar-refractivity contribution is -0.302. The Morgan fingerprint density at radius 1 is 1.00 bits per heavy atom. The van der Waals surface area contributed by atoms with E-state index in [2.05, 4.69) is 57.2 Å². The quantitative estimate of drug-likeness (QED) is 0.459. The lowest BCUT2D eigenvalue weighted by Crippen LogP contribution is -2.51. The molecule has 2 fully saturated rings. The predicted molar refractivity (Wildman–Crippen MR) is 142 cm³/mol. The SMILES string of the molecule is COc1ccc([C@H]2C[C@]3(C)[C@@H](OC(C)=O)CC[C@H]3c3ccc4c(c32)CCC2(C4)OCC(C)(C)CO2)cc1. The molecule has 0 amide bonds. The lowest BCUT2D eigenvalue weighted by atomic mass is 9.59. The third-order valence-electron chi connectivity index (χ3n) is 9.60. The van der Waals surface area contributed by atoms with Crippen LogP contribution in [0, 0.1) is 10.8 Å². The van der Waals surface area contributed by atoms with Crippen molar-refractivity contribution in [1.29, 1.82) is 0 Å². The van der Waals surface area contributed by atoms with E-state index in [9.17, 15) is 4.79 Å². The number of fused-ring (bicyclic) bond motifs is 5. The van der Waals surface area contributed by atoms with Crippen LogP contribution in [0.2, 0.25) is 0 Å². The molecule has 2 aromatic rings. The Bertz CT molecular complexity index is 1190. The van der Waals surface area contributed by atoms with Crippen LogP contribution >= 0.6 is 0 Å². The first-order valence-electron chi connectivity index (χ1n) is 13.9. The summed E-state index contributed by atoms with van der Waals surface area (Å²) in [7, 11) is 1.71. The zero-order valence-electron chi connectivity index (χ0n) is 22.9. The Kier molecular flexibility index (Phi) is 5.96. The molecule has 1 heterocycles. The van der Waals surface area contributed by atoms with Crippen LogP contribution in [0.1, 0.15) is 93.0 Å². The minimum Gasteiger partial charge on any atom is -0.497 e. The molecule has 4 aliphatic rings. The summed E-state index contributed by atoms with van der Waals surface area (Å²) in [5.41, 5.74) is 7.07. The molecule has 198 valence electrons. The first-order valence-corrected chi connectivity index (χ1v) is 13.9. The molecule has 0 unspecified atom stereocenters. The smallest absolute Gasteiger partial charge is 0.302 e. The van der Waals surface area contributed by atoms with Crippen LogP contribution in [0.25, 0.3) is 0 Å². The van der Waals surface area contributed by atoms with Crippen LogP contribution in [0.15, 0.2) is 36.4 Å². The van der Waals surface area contributed by atoms with Crippen LogP contribution in [-0.2, 0) is 31.8 Å². The molecule has 3 aliphatic carbocycles. The fourth-order valence-corrected chi connectivity index (χ4v) is 7.62. The summed E-state index contributed by atoms with van der Waals surface area (Å²) >= 11 is 0. The Morgan fingerprint density at radius 3 is 2.41 bits per heavy atom. The van der Waals surface area contributed by atoms with Crippen molar-refractivity contribution in [3.8, 4) is 5.75 Å². The highest BCUT2D eigenvalue weighted by atomic mass is 16.7. The van der Waals surface area contributed by atoms with Gasteiger partial charge in [0, 0.05) is 36.5 Å². The van der Waals surface area contributed by atoms with Crippen molar-refractivity contribution >= 4 is 5.97 Å². The topological polar surface area (TPSA) is 54.0 Å². The van der Waals surface area contributed by atoms with E-state index in [1.165, 1.54) is 34.7 Å². The number of ether oxygens (including phenoxy) is 4. The van der Waals surface area contributed by atoms with Gasteiger partial charge in [-0.05, 0) is 71.6 Å². The molecule has 2 aromatic carbocycles. The van der Waals surface area contributed by atoms with Crippen LogP contribution in [-0.4, -0.2) is 38.2 Å². The van der Waals surface area contributed by atoms with E-state index in [1.54, 1.807) is 7.11 Å². The van der Waals surface area contributed by atoms with Gasteiger partial charge >= 0.3 is 5.97 Å². The molecule has 6 rings (SSSR count). The molecule has 1 spiro atoms. The van der Waals surface area contributed by atoms with E-state index in [-0.39, 0.29) is 28.8 Å². The van der Waals surface area contributed by atoms with Gasteiger partial charge in [-0.15, -0.1) is 0 Å². The van der Waals surface area contributed by atoms with Crippen molar-refractivity contribution in [1.82, 2.24) is 0 Å². The summed E-state index contributed by atoms with van der Waals surface area (Å²) in [6.07, 6.45) is 5.56. The van der Waals surface area contributed by atoms with Gasteiger partial charge in [-0.2, -0.15) is 0 Å². The maximum atomic E-state index is 12.0. The van der Waals surface area contributed by atoms with Gasteiger partial charge in [0.25, 0.3) is 0 Å². The molecule has 4 atom stereocenters. The summed E-state index contributed by atoms with van der Waals surface area (Å²) in [5, 5.41) is 0. The summed E-state index contributed by atoms with van der Waals surface area (Å²) < 4.78 is 24.2. The largest absolute Gasteiger partial charge is 0.497 e. The van der Waals surface area contributed by atoms with Gasteiger partial charge in [0.1, 0.15) is 11.9 Å². The van der Waals surface area contributed by atoms with Gasteiger partial charge in [-0.1, -0.05) is 45.0 Å². The molecule has 0 N–H and O–H groups in total. The normalized spacial score (nSPS) is 31.2. The first kappa shape index (κ1) is 24.9. The standard InChI is InChI=1S/C32H40O5/c1-20(33)37-28-13-12-27-25-11-8-22-16-32(35-18-30(2,3)19-36-32)15-14-24(22)29(25)26(17-31(27,28)4)21-6-9-23(34-5)10-7-21/h6-11,26-28H,12-19H2,1-5H3/t26-,27+,28+,31+/m1/s1. The van der Waals surface area contributed by atoms with Crippen molar-refractivity contribution < 1.29 is 23.7 Å². The van der Waals surface area contributed by atoms with E-state index < -0.39 is 5.79 Å². The molecular weight excluding hydrogens is 464 g/mol. The second kappa shape index (κ2) is 8.84. The summed E-state index contributed by atoms with van der Waals surface area (Å²) in [6.45, 7) is 9.76. The highest BCUT2D eigenvalue weighted by Gasteiger charge is 2.55. The van der Waals surface area contributed by atoms with E-state index in [1.807, 2.05) is 0 Å². The molecule has 1 aliphatic heterocycles. The average molecular weight is 505 g/mol. The fraction of sp³-hybridized carbons (Fsp3) is 0.594. The molecule has 0 aromatic heterocycles. The number of methoxy groups -OCH3 is 1. The summed E-state index contributed by atoms with van der Waals surface area (Å²) in [5.74, 6) is 0.836. The number of esters is 1. The maximum absolute atomic E-state index is 12.0. The van der Waals surface area contributed by atoms with Gasteiger partial charge < -0.3 is 18.9 Å². The minimum absolute atomic E-state index is 0.0457. The Hall–Kier alpha value is -2.37. The molecule has 37 heavy (non-hydrogen) atoms. The number of hydrogen-bond acceptors (Lipinski definition) is 5. The van der Waals surface area contributed by atoms with Crippen LogP contribution in [0.3, 0.4) is 0 Å². The average Bonchev–Trinajstić information content (AvgIpc) is 3.20. The Balaban J connectivity index is 1.43. The van der Waals surface area contributed by atoms with E-state index in [0.717, 1.165) is 57.5 Å². The van der Waals surface area contributed by atoms with Gasteiger partial charge in [0.05, 0.1) is 20.3 Å². The highest BCUT2D eigenvalue weighted by Crippen LogP contribution is 2.62. The monoisotopic (exact) mass is 504 g/mol. The van der Waals surface area contributed by atoms with Crippen LogP contribution < -0.4 is 4.74 Å². The number of rotatable bonds is 3. The molecular formula is C32H40O5. The van der Waals surface area contributed by atoms with Gasteiger partial charge in [0.15, 0.2) is 5.79 Å². The zero-order chi connectivity index (χ0) is 26.0. The highest BCUT2D eigenvalue weighted by molar-refractivity contribution is 5.66. The van der Waals surface area contributed by atoms with E-state index in [0.29, 0.717) is 5.92 Å². The van der Waals surface area contributed by atoms with E-state index in [4.69, 9.17) is 18.9 Å².